The van der Waals surface area contributed by atoms with Crippen LogP contribution in [0, 0.1) is 0 Å². The molecule has 2 heterocycles. The maximum absolute atomic E-state index is 12.3. The molecule has 0 unspecified atom stereocenters. The Morgan fingerprint density at radius 1 is 1.39 bits per heavy atom. The van der Waals surface area contributed by atoms with Crippen molar-refractivity contribution in [3.8, 4) is 0 Å². The quantitative estimate of drug-likeness (QED) is 0.915. The fourth-order valence-electron chi connectivity index (χ4n) is 2.91. The van der Waals surface area contributed by atoms with Gasteiger partial charge in [-0.3, -0.25) is 9.89 Å². The SMILES string of the molecule is O=C(COCc1ccccc1Cl)N1CCC[C@H](c2ccn[nH]2)C1. The van der Waals surface area contributed by atoms with Crippen molar-refractivity contribution in [1.82, 2.24) is 15.1 Å². The first-order valence-corrected chi connectivity index (χ1v) is 8.20. The third kappa shape index (κ3) is 4.12. The molecule has 0 bridgehead atoms. The van der Waals surface area contributed by atoms with Crippen LogP contribution in [0.3, 0.4) is 0 Å². The van der Waals surface area contributed by atoms with Crippen LogP contribution in [0.15, 0.2) is 36.5 Å². The molecule has 3 rings (SSSR count). The number of halogens is 1. The van der Waals surface area contributed by atoms with Gasteiger partial charge < -0.3 is 9.64 Å². The number of benzene rings is 1. The van der Waals surface area contributed by atoms with Crippen LogP contribution in [0.2, 0.25) is 5.02 Å². The van der Waals surface area contributed by atoms with Gasteiger partial charge in [-0.15, -0.1) is 0 Å². The van der Waals surface area contributed by atoms with Crippen molar-refractivity contribution >= 4 is 17.5 Å². The Morgan fingerprint density at radius 3 is 3.04 bits per heavy atom. The number of piperidine rings is 1. The van der Waals surface area contributed by atoms with Crippen LogP contribution in [0.5, 0.6) is 0 Å². The van der Waals surface area contributed by atoms with E-state index in [0.717, 1.165) is 37.2 Å². The Kier molecular flexibility index (Phi) is 5.31. The van der Waals surface area contributed by atoms with Gasteiger partial charge in [0.1, 0.15) is 6.61 Å². The van der Waals surface area contributed by atoms with E-state index >= 15 is 0 Å². The lowest BCUT2D eigenvalue weighted by molar-refractivity contribution is -0.137. The number of H-pyrrole nitrogens is 1. The number of rotatable bonds is 5. The van der Waals surface area contributed by atoms with Crippen molar-refractivity contribution in [3.63, 3.8) is 0 Å². The summed E-state index contributed by atoms with van der Waals surface area (Å²) in [5, 5.41) is 7.66. The number of likely N-dealkylation sites (tertiary alicyclic amines) is 1. The lowest BCUT2D eigenvalue weighted by atomic mass is 9.95. The molecule has 1 amide bonds. The Hall–Kier alpha value is -1.85. The molecule has 1 fully saturated rings. The molecule has 6 heteroatoms. The number of hydrogen-bond donors (Lipinski definition) is 1. The highest BCUT2D eigenvalue weighted by Crippen LogP contribution is 2.25. The van der Waals surface area contributed by atoms with E-state index in [1.165, 1.54) is 0 Å². The van der Waals surface area contributed by atoms with Gasteiger partial charge in [-0.05, 0) is 30.5 Å². The number of ether oxygens (including phenoxy) is 1. The first kappa shape index (κ1) is 16.0. The second kappa shape index (κ2) is 7.62. The third-order valence-corrected chi connectivity index (χ3v) is 4.55. The molecule has 1 atom stereocenters. The minimum absolute atomic E-state index is 0.0290. The number of carbonyl (C=O) groups is 1. The highest BCUT2D eigenvalue weighted by atomic mass is 35.5. The van der Waals surface area contributed by atoms with Crippen molar-refractivity contribution in [3.05, 3.63) is 52.8 Å². The second-order valence-corrected chi connectivity index (χ2v) is 6.18. The lowest BCUT2D eigenvalue weighted by Gasteiger charge is -2.32. The molecule has 5 nitrogen and oxygen atoms in total. The molecule has 1 N–H and O–H groups in total. The summed E-state index contributed by atoms with van der Waals surface area (Å²) < 4.78 is 5.55. The molecule has 1 aromatic carbocycles. The standard InChI is InChI=1S/C17H20ClN3O2/c18-15-6-2-1-4-14(15)11-23-12-17(22)21-9-3-5-13(10-21)16-7-8-19-20-16/h1-2,4,6-8,13H,3,5,9-12H2,(H,19,20)/t13-/m0/s1. The molecule has 1 aliphatic heterocycles. The minimum atomic E-state index is 0.0290. The summed E-state index contributed by atoms with van der Waals surface area (Å²) in [5.74, 6) is 0.361. The van der Waals surface area contributed by atoms with Gasteiger partial charge in [-0.1, -0.05) is 29.8 Å². The first-order valence-electron chi connectivity index (χ1n) is 7.82. The van der Waals surface area contributed by atoms with E-state index in [-0.39, 0.29) is 12.5 Å². The zero-order chi connectivity index (χ0) is 16.1. The summed E-state index contributed by atoms with van der Waals surface area (Å²) in [7, 11) is 0. The molecule has 0 saturated carbocycles. The lowest BCUT2D eigenvalue weighted by Crippen LogP contribution is -2.41. The molecule has 1 saturated heterocycles. The summed E-state index contributed by atoms with van der Waals surface area (Å²) in [6, 6.07) is 9.49. The number of aromatic amines is 1. The number of carbonyl (C=O) groups excluding carboxylic acids is 1. The second-order valence-electron chi connectivity index (χ2n) is 5.78. The van der Waals surface area contributed by atoms with E-state index in [2.05, 4.69) is 10.2 Å². The number of hydrogen-bond acceptors (Lipinski definition) is 3. The molecule has 0 spiro atoms. The maximum Gasteiger partial charge on any atom is 0.248 e. The molecule has 0 aliphatic carbocycles. The Balaban J connectivity index is 1.49. The Bertz CT molecular complexity index is 645. The zero-order valence-corrected chi connectivity index (χ0v) is 13.6. The maximum atomic E-state index is 12.3. The van der Waals surface area contributed by atoms with Crippen LogP contribution in [-0.2, 0) is 16.1 Å². The van der Waals surface area contributed by atoms with Gasteiger partial charge in [0.15, 0.2) is 0 Å². The predicted molar refractivity (Wildman–Crippen MR) is 88.3 cm³/mol. The number of nitrogens with one attached hydrogen (secondary N) is 1. The third-order valence-electron chi connectivity index (χ3n) is 4.18. The number of nitrogens with zero attached hydrogens (tertiary/aromatic N) is 2. The predicted octanol–water partition coefficient (Wildman–Crippen LogP) is 2.99. The van der Waals surface area contributed by atoms with E-state index in [0.29, 0.717) is 17.5 Å². The van der Waals surface area contributed by atoms with Crippen molar-refractivity contribution in [1.29, 1.82) is 0 Å². The number of amides is 1. The molecule has 23 heavy (non-hydrogen) atoms. The average Bonchev–Trinajstić information content (AvgIpc) is 3.11. The van der Waals surface area contributed by atoms with Crippen LogP contribution in [0.4, 0.5) is 0 Å². The Morgan fingerprint density at radius 2 is 2.26 bits per heavy atom. The van der Waals surface area contributed by atoms with Crippen molar-refractivity contribution in [2.24, 2.45) is 0 Å². The zero-order valence-electron chi connectivity index (χ0n) is 12.9. The highest BCUT2D eigenvalue weighted by molar-refractivity contribution is 6.31. The highest BCUT2D eigenvalue weighted by Gasteiger charge is 2.25. The number of aromatic nitrogens is 2. The van der Waals surface area contributed by atoms with Crippen LogP contribution < -0.4 is 0 Å². The van der Waals surface area contributed by atoms with E-state index in [4.69, 9.17) is 16.3 Å². The summed E-state index contributed by atoms with van der Waals surface area (Å²) >= 11 is 6.08. The summed E-state index contributed by atoms with van der Waals surface area (Å²) in [6.45, 7) is 1.94. The van der Waals surface area contributed by atoms with Crippen molar-refractivity contribution < 1.29 is 9.53 Å². The average molecular weight is 334 g/mol. The molecule has 1 aliphatic rings. The topological polar surface area (TPSA) is 58.2 Å². The molecular formula is C17H20ClN3O2. The van der Waals surface area contributed by atoms with Gasteiger partial charge in [0.05, 0.1) is 6.61 Å². The molecule has 0 radical (unpaired) electrons. The molecule has 1 aromatic heterocycles. The Labute approximate surface area is 140 Å². The molecule has 2 aromatic rings. The van der Waals surface area contributed by atoms with Crippen LogP contribution in [0.25, 0.3) is 0 Å². The van der Waals surface area contributed by atoms with E-state index in [1.807, 2.05) is 35.2 Å². The van der Waals surface area contributed by atoms with Gasteiger partial charge in [0.2, 0.25) is 5.91 Å². The monoisotopic (exact) mass is 333 g/mol. The van der Waals surface area contributed by atoms with Crippen molar-refractivity contribution in [2.75, 3.05) is 19.7 Å². The van der Waals surface area contributed by atoms with Crippen LogP contribution >= 0.6 is 11.6 Å². The van der Waals surface area contributed by atoms with Gasteiger partial charge in [0, 0.05) is 35.9 Å². The summed E-state index contributed by atoms with van der Waals surface area (Å²) in [5.41, 5.74) is 2.00. The fourth-order valence-corrected chi connectivity index (χ4v) is 3.10. The van der Waals surface area contributed by atoms with Gasteiger partial charge in [0.25, 0.3) is 0 Å². The van der Waals surface area contributed by atoms with Gasteiger partial charge in [-0.25, -0.2) is 0 Å². The van der Waals surface area contributed by atoms with Crippen LogP contribution in [-0.4, -0.2) is 40.7 Å². The molecule has 122 valence electrons. The smallest absolute Gasteiger partial charge is 0.248 e. The van der Waals surface area contributed by atoms with E-state index in [1.54, 1.807) is 6.20 Å². The van der Waals surface area contributed by atoms with Crippen molar-refractivity contribution in [2.45, 2.75) is 25.4 Å². The first-order chi connectivity index (χ1) is 11.2. The largest absolute Gasteiger partial charge is 0.367 e. The van der Waals surface area contributed by atoms with E-state index < -0.39 is 0 Å². The molecular weight excluding hydrogens is 314 g/mol. The summed E-state index contributed by atoms with van der Waals surface area (Å²) in [6.07, 6.45) is 3.83. The van der Waals surface area contributed by atoms with E-state index in [9.17, 15) is 4.79 Å². The fraction of sp³-hybridized carbons (Fsp3) is 0.412. The normalized spacial score (nSPS) is 18.1. The van der Waals surface area contributed by atoms with Crippen LogP contribution in [0.1, 0.15) is 30.0 Å². The van der Waals surface area contributed by atoms with Gasteiger partial charge >= 0.3 is 0 Å². The minimum Gasteiger partial charge on any atom is -0.367 e. The summed E-state index contributed by atoms with van der Waals surface area (Å²) in [4.78, 5) is 14.2. The van der Waals surface area contributed by atoms with Gasteiger partial charge in [-0.2, -0.15) is 5.10 Å².